The minimum absolute atomic E-state index is 0.0315. The van der Waals surface area contributed by atoms with Gasteiger partial charge in [0.25, 0.3) is 5.91 Å². The molecule has 0 fully saturated rings. The lowest BCUT2D eigenvalue weighted by Crippen LogP contribution is -2.25. The first-order valence-electron chi connectivity index (χ1n) is 6.05. The standard InChI is InChI=1S/C13H14FN3O3/c14-9-2-4-10(5-3-9)17-8-11(19)12(16-17)13(20)15-6-1-7-18/h2-5,8,18-19H,1,6-7H2,(H,15,20). The van der Waals surface area contributed by atoms with Crippen LogP contribution in [-0.4, -0.2) is 39.1 Å². The van der Waals surface area contributed by atoms with Crippen molar-refractivity contribution >= 4 is 5.91 Å². The highest BCUT2D eigenvalue weighted by Crippen LogP contribution is 2.18. The molecule has 20 heavy (non-hydrogen) atoms. The van der Waals surface area contributed by atoms with Crippen LogP contribution in [0.4, 0.5) is 4.39 Å². The predicted molar refractivity (Wildman–Crippen MR) is 69.2 cm³/mol. The Kier molecular flexibility index (Phi) is 4.31. The molecule has 7 heteroatoms. The van der Waals surface area contributed by atoms with E-state index in [2.05, 4.69) is 10.4 Å². The lowest BCUT2D eigenvalue weighted by molar-refractivity contribution is 0.0943. The molecular formula is C13H14FN3O3. The zero-order valence-corrected chi connectivity index (χ0v) is 10.6. The van der Waals surface area contributed by atoms with Gasteiger partial charge >= 0.3 is 0 Å². The van der Waals surface area contributed by atoms with Gasteiger partial charge in [0.15, 0.2) is 11.4 Å². The lowest BCUT2D eigenvalue weighted by atomic mass is 10.3. The Bertz CT molecular complexity index is 595. The van der Waals surface area contributed by atoms with Gasteiger partial charge in [-0.3, -0.25) is 4.79 Å². The van der Waals surface area contributed by atoms with Gasteiger partial charge in [-0.25, -0.2) is 9.07 Å². The fourth-order valence-corrected chi connectivity index (χ4v) is 1.62. The summed E-state index contributed by atoms with van der Waals surface area (Å²) < 4.78 is 14.1. The van der Waals surface area contributed by atoms with Crippen molar-refractivity contribution < 1.29 is 19.4 Å². The fraction of sp³-hybridized carbons (Fsp3) is 0.231. The number of nitrogens with one attached hydrogen (secondary N) is 1. The largest absolute Gasteiger partial charge is 0.504 e. The van der Waals surface area contributed by atoms with Crippen LogP contribution in [0.15, 0.2) is 30.5 Å². The van der Waals surface area contributed by atoms with E-state index in [9.17, 15) is 14.3 Å². The number of aliphatic hydroxyl groups is 1. The Morgan fingerprint density at radius 2 is 2.05 bits per heavy atom. The maximum atomic E-state index is 12.8. The number of aliphatic hydroxyl groups excluding tert-OH is 1. The molecule has 0 radical (unpaired) electrons. The zero-order valence-electron chi connectivity index (χ0n) is 10.6. The summed E-state index contributed by atoms with van der Waals surface area (Å²) >= 11 is 0. The van der Waals surface area contributed by atoms with Gasteiger partial charge < -0.3 is 15.5 Å². The molecule has 0 saturated carbocycles. The Labute approximate surface area is 114 Å². The molecule has 0 saturated heterocycles. The third-order valence-electron chi connectivity index (χ3n) is 2.62. The fourth-order valence-electron chi connectivity index (χ4n) is 1.62. The second-order valence-corrected chi connectivity index (χ2v) is 4.12. The van der Waals surface area contributed by atoms with Gasteiger partial charge in [-0.15, -0.1) is 0 Å². The highest BCUT2D eigenvalue weighted by Gasteiger charge is 2.16. The molecule has 0 bridgehead atoms. The average molecular weight is 279 g/mol. The smallest absolute Gasteiger partial charge is 0.275 e. The third-order valence-corrected chi connectivity index (χ3v) is 2.62. The Balaban J connectivity index is 2.16. The number of hydrogen-bond donors (Lipinski definition) is 3. The molecular weight excluding hydrogens is 265 g/mol. The lowest BCUT2D eigenvalue weighted by Gasteiger charge is -2.02. The molecule has 1 heterocycles. The summed E-state index contributed by atoms with van der Waals surface area (Å²) in [5.74, 6) is -1.18. The molecule has 106 valence electrons. The zero-order chi connectivity index (χ0) is 14.5. The summed E-state index contributed by atoms with van der Waals surface area (Å²) in [6.07, 6.45) is 1.69. The number of benzene rings is 1. The number of hydrogen-bond acceptors (Lipinski definition) is 4. The van der Waals surface area contributed by atoms with Crippen LogP contribution >= 0.6 is 0 Å². The van der Waals surface area contributed by atoms with Gasteiger partial charge in [0.1, 0.15) is 5.82 Å². The number of carbonyl (C=O) groups excluding carboxylic acids is 1. The van der Waals surface area contributed by atoms with Gasteiger partial charge in [0.05, 0.1) is 11.9 Å². The van der Waals surface area contributed by atoms with Gasteiger partial charge in [0.2, 0.25) is 0 Å². The number of amides is 1. The highest BCUT2D eigenvalue weighted by molar-refractivity contribution is 5.94. The van der Waals surface area contributed by atoms with E-state index in [1.807, 2.05) is 0 Å². The number of rotatable bonds is 5. The first kappa shape index (κ1) is 14.0. The van der Waals surface area contributed by atoms with E-state index in [0.717, 1.165) is 0 Å². The molecule has 0 atom stereocenters. The molecule has 0 spiro atoms. The van der Waals surface area contributed by atoms with Crippen LogP contribution < -0.4 is 5.32 Å². The summed E-state index contributed by atoms with van der Waals surface area (Å²) in [5, 5.41) is 24.8. The Morgan fingerprint density at radius 1 is 1.35 bits per heavy atom. The molecule has 6 nitrogen and oxygen atoms in total. The van der Waals surface area contributed by atoms with Gasteiger partial charge in [-0.05, 0) is 30.7 Å². The number of nitrogens with zero attached hydrogens (tertiary/aromatic N) is 2. The number of carbonyl (C=O) groups is 1. The molecule has 0 aliphatic rings. The molecule has 0 aliphatic heterocycles. The van der Waals surface area contributed by atoms with Crippen molar-refractivity contribution in [2.75, 3.05) is 13.2 Å². The van der Waals surface area contributed by atoms with E-state index in [1.54, 1.807) is 0 Å². The predicted octanol–water partition coefficient (Wildman–Crippen LogP) is 0.829. The maximum Gasteiger partial charge on any atom is 0.275 e. The first-order chi connectivity index (χ1) is 9.61. The van der Waals surface area contributed by atoms with E-state index in [4.69, 9.17) is 5.11 Å². The Hall–Kier alpha value is -2.41. The summed E-state index contributed by atoms with van der Waals surface area (Å²) in [7, 11) is 0. The van der Waals surface area contributed by atoms with Crippen LogP contribution in [0.2, 0.25) is 0 Å². The third kappa shape index (κ3) is 3.12. The van der Waals surface area contributed by atoms with Crippen LogP contribution in [0, 0.1) is 5.82 Å². The van der Waals surface area contributed by atoms with Crippen molar-refractivity contribution in [1.82, 2.24) is 15.1 Å². The van der Waals surface area contributed by atoms with E-state index in [1.165, 1.54) is 35.1 Å². The van der Waals surface area contributed by atoms with Gasteiger partial charge in [-0.2, -0.15) is 5.10 Å². The van der Waals surface area contributed by atoms with Crippen molar-refractivity contribution in [2.45, 2.75) is 6.42 Å². The minimum atomic E-state index is -0.531. The monoisotopic (exact) mass is 279 g/mol. The van der Waals surface area contributed by atoms with Crippen LogP contribution in [0.25, 0.3) is 5.69 Å². The van der Waals surface area contributed by atoms with Crippen molar-refractivity contribution in [3.8, 4) is 11.4 Å². The number of halogens is 1. The van der Waals surface area contributed by atoms with Gasteiger partial charge in [0, 0.05) is 13.2 Å². The molecule has 2 rings (SSSR count). The molecule has 1 aromatic heterocycles. The molecule has 0 unspecified atom stereocenters. The second kappa shape index (κ2) is 6.16. The molecule has 1 amide bonds. The van der Waals surface area contributed by atoms with E-state index in [0.29, 0.717) is 12.1 Å². The first-order valence-corrected chi connectivity index (χ1v) is 6.05. The molecule has 2 aromatic rings. The van der Waals surface area contributed by atoms with Crippen LogP contribution in [0.5, 0.6) is 5.75 Å². The summed E-state index contributed by atoms with van der Waals surface area (Å²) in [6, 6.07) is 5.48. The van der Waals surface area contributed by atoms with Crippen molar-refractivity contribution in [2.24, 2.45) is 0 Å². The summed E-state index contributed by atoms with van der Waals surface area (Å²) in [5.41, 5.74) is 0.406. The number of aromatic hydroxyl groups is 1. The molecule has 1 aromatic carbocycles. The van der Waals surface area contributed by atoms with E-state index >= 15 is 0 Å². The highest BCUT2D eigenvalue weighted by atomic mass is 19.1. The maximum absolute atomic E-state index is 12.8. The molecule has 0 aliphatic carbocycles. The van der Waals surface area contributed by atoms with Crippen molar-refractivity contribution in [1.29, 1.82) is 0 Å². The van der Waals surface area contributed by atoms with Crippen molar-refractivity contribution in [3.05, 3.63) is 42.0 Å². The SMILES string of the molecule is O=C(NCCCO)c1nn(-c2ccc(F)cc2)cc1O. The van der Waals surface area contributed by atoms with Crippen LogP contribution in [0.3, 0.4) is 0 Å². The van der Waals surface area contributed by atoms with Crippen LogP contribution in [-0.2, 0) is 0 Å². The quantitative estimate of drug-likeness (QED) is 0.707. The normalized spacial score (nSPS) is 10.5. The minimum Gasteiger partial charge on any atom is -0.504 e. The summed E-state index contributed by atoms with van der Waals surface area (Å²) in [6.45, 7) is 0.258. The average Bonchev–Trinajstić information content (AvgIpc) is 2.82. The topological polar surface area (TPSA) is 87.4 Å². The van der Waals surface area contributed by atoms with E-state index in [-0.39, 0.29) is 30.4 Å². The Morgan fingerprint density at radius 3 is 2.70 bits per heavy atom. The summed E-state index contributed by atoms with van der Waals surface area (Å²) in [4.78, 5) is 11.8. The van der Waals surface area contributed by atoms with Crippen LogP contribution in [0.1, 0.15) is 16.9 Å². The van der Waals surface area contributed by atoms with E-state index < -0.39 is 5.91 Å². The molecule has 3 N–H and O–H groups in total. The second-order valence-electron chi connectivity index (χ2n) is 4.12. The van der Waals surface area contributed by atoms with Gasteiger partial charge in [-0.1, -0.05) is 0 Å². The van der Waals surface area contributed by atoms with Crippen molar-refractivity contribution in [3.63, 3.8) is 0 Å². The number of aromatic nitrogens is 2.